The van der Waals surface area contributed by atoms with Crippen molar-refractivity contribution >= 4 is 52.0 Å². The van der Waals surface area contributed by atoms with Gasteiger partial charge in [-0.1, -0.05) is 61.4 Å². The number of imide groups is 2. The predicted molar refractivity (Wildman–Crippen MR) is 239 cm³/mol. The highest BCUT2D eigenvalue weighted by atomic mass is 19.1. The lowest BCUT2D eigenvalue weighted by molar-refractivity contribution is -0.136. The Labute approximate surface area is 372 Å². The number of nitrogens with zero attached hydrogens (tertiary/aromatic N) is 4. The van der Waals surface area contributed by atoms with Crippen molar-refractivity contribution in [1.82, 2.24) is 30.2 Å². The number of fused-ring (bicyclic) bond motifs is 2. The quantitative estimate of drug-likeness (QED) is 0.0926. The Bertz CT molecular complexity index is 2410. The third-order valence-electron chi connectivity index (χ3n) is 13.1. The highest BCUT2D eigenvalue weighted by Crippen LogP contribution is 2.34. The number of piperidine rings is 2. The number of anilines is 1. The number of benzene rings is 4. The van der Waals surface area contributed by atoms with Crippen molar-refractivity contribution in [3.8, 4) is 5.75 Å². The number of nitrogens with one attached hydrogen (secondary N) is 3. The highest BCUT2D eigenvalue weighted by Gasteiger charge is 2.46. The second kappa shape index (κ2) is 20.1. The monoisotopic (exact) mass is 873 g/mol. The van der Waals surface area contributed by atoms with E-state index in [1.807, 2.05) is 0 Å². The van der Waals surface area contributed by atoms with E-state index in [1.165, 1.54) is 28.5 Å². The molecule has 3 fully saturated rings. The first-order valence-corrected chi connectivity index (χ1v) is 22.6. The van der Waals surface area contributed by atoms with E-state index < -0.39 is 35.5 Å². The molecule has 3 N–H and O–H groups in total. The summed E-state index contributed by atoms with van der Waals surface area (Å²) in [5, 5.41) is 10.6. The van der Waals surface area contributed by atoms with Crippen LogP contribution in [0.15, 0.2) is 78.9 Å². The number of carbonyl (C=O) groups is 6. The number of amides is 7. The molecule has 0 saturated carbocycles. The van der Waals surface area contributed by atoms with Crippen molar-refractivity contribution in [1.29, 1.82) is 0 Å². The van der Waals surface area contributed by atoms with Gasteiger partial charge >= 0.3 is 6.03 Å². The summed E-state index contributed by atoms with van der Waals surface area (Å²) in [4.78, 5) is 84.2. The first kappa shape index (κ1) is 44.4. The maximum Gasteiger partial charge on any atom is 0.321 e. The lowest BCUT2D eigenvalue weighted by atomic mass is 9.92. The Morgan fingerprint density at radius 2 is 1.58 bits per heavy atom. The summed E-state index contributed by atoms with van der Waals surface area (Å²) in [5.41, 5.74) is 2.56. The summed E-state index contributed by atoms with van der Waals surface area (Å²) in [5.74, 6) is -2.56. The van der Waals surface area contributed by atoms with E-state index >= 15 is 0 Å². The van der Waals surface area contributed by atoms with Gasteiger partial charge < -0.3 is 20.3 Å². The minimum Gasteiger partial charge on any atom is -0.493 e. The minimum atomic E-state index is -1.03. The maximum absolute atomic E-state index is 14.7. The third kappa shape index (κ3) is 10.1. The van der Waals surface area contributed by atoms with Gasteiger partial charge in [0.25, 0.3) is 11.8 Å². The molecule has 7 amide bonds. The molecule has 4 aliphatic rings. The number of carbonyl (C=O) groups excluding carboxylic acids is 6. The van der Waals surface area contributed by atoms with Crippen LogP contribution in [-0.2, 0) is 20.9 Å². The van der Waals surface area contributed by atoms with Crippen molar-refractivity contribution < 1.29 is 37.9 Å². The van der Waals surface area contributed by atoms with Gasteiger partial charge in [-0.3, -0.25) is 44.0 Å². The van der Waals surface area contributed by atoms with Gasteiger partial charge in [0.05, 0.1) is 17.7 Å². The molecule has 0 spiro atoms. The average Bonchev–Trinajstić information content (AvgIpc) is 3.56. The number of halogens is 1. The summed E-state index contributed by atoms with van der Waals surface area (Å²) < 4.78 is 20.7. The van der Waals surface area contributed by atoms with E-state index in [4.69, 9.17) is 4.74 Å². The van der Waals surface area contributed by atoms with Crippen molar-refractivity contribution in [3.63, 3.8) is 0 Å². The SMILES string of the molecule is C[C@H](c1cccc2ccccc12)N1CCC(C(=O)NCc2cc(F)cc(NC(=O)N3CCN(CCCCCCOc4cccc5c4C(=O)N(C4CCC(=O)NC4=O)C5=O)CC3)c2)CC1. The molecule has 15 heteroatoms. The Hall–Kier alpha value is -6.19. The molecule has 14 nitrogen and oxygen atoms in total. The molecule has 4 heterocycles. The van der Waals surface area contributed by atoms with Gasteiger partial charge in [-0.2, -0.15) is 0 Å². The van der Waals surface area contributed by atoms with Crippen molar-refractivity contribution in [3.05, 3.63) is 107 Å². The molecule has 8 rings (SSSR count). The molecule has 0 aliphatic carbocycles. The van der Waals surface area contributed by atoms with E-state index in [9.17, 15) is 33.2 Å². The molecule has 0 aromatic heterocycles. The fraction of sp³-hybridized carbons (Fsp3) is 0.429. The largest absolute Gasteiger partial charge is 0.493 e. The van der Waals surface area contributed by atoms with Crippen LogP contribution in [0.3, 0.4) is 0 Å². The molecule has 64 heavy (non-hydrogen) atoms. The van der Waals surface area contributed by atoms with Crippen LogP contribution < -0.4 is 20.7 Å². The molecule has 2 atom stereocenters. The van der Waals surface area contributed by atoms with Crippen LogP contribution >= 0.6 is 0 Å². The Morgan fingerprint density at radius 3 is 2.38 bits per heavy atom. The summed E-state index contributed by atoms with van der Waals surface area (Å²) in [6, 6.07) is 23.0. The molecule has 4 aromatic carbocycles. The first-order valence-electron chi connectivity index (χ1n) is 22.6. The number of hydrogen-bond donors (Lipinski definition) is 3. The van der Waals surface area contributed by atoms with Gasteiger partial charge in [0.15, 0.2) is 0 Å². The van der Waals surface area contributed by atoms with Crippen LogP contribution in [0.1, 0.15) is 96.2 Å². The van der Waals surface area contributed by atoms with E-state index in [2.05, 4.69) is 75.1 Å². The predicted octanol–water partition coefficient (Wildman–Crippen LogP) is 6.26. The molecular formula is C49H56FN7O7. The second-order valence-electron chi connectivity index (χ2n) is 17.3. The van der Waals surface area contributed by atoms with Crippen molar-refractivity contribution in [2.75, 3.05) is 57.7 Å². The molecule has 336 valence electrons. The van der Waals surface area contributed by atoms with Gasteiger partial charge in [0.1, 0.15) is 17.6 Å². The number of rotatable bonds is 15. The number of likely N-dealkylation sites (tertiary alicyclic amines) is 1. The van der Waals surface area contributed by atoms with Crippen LogP contribution in [-0.4, -0.2) is 114 Å². The average molecular weight is 874 g/mol. The van der Waals surface area contributed by atoms with Crippen LogP contribution in [0.2, 0.25) is 0 Å². The molecular weight excluding hydrogens is 818 g/mol. The molecule has 1 unspecified atom stereocenters. The zero-order chi connectivity index (χ0) is 44.7. The number of urea groups is 1. The molecule has 0 radical (unpaired) electrons. The van der Waals surface area contributed by atoms with Crippen LogP contribution in [0.5, 0.6) is 5.75 Å². The van der Waals surface area contributed by atoms with Gasteiger partial charge in [-0.15, -0.1) is 0 Å². The second-order valence-corrected chi connectivity index (χ2v) is 17.3. The highest BCUT2D eigenvalue weighted by molar-refractivity contribution is 6.24. The standard InChI is InChI=1S/C49H56FN7O7/c1-32(38-13-8-11-34-10-4-5-12-39(34)38)55-21-18-35(19-22-55)45(59)51-31-33-28-36(50)30-37(29-33)52-49(63)56-25-23-54(24-26-56)20-6-2-3-7-27-64-42-15-9-14-40-44(42)48(62)57(47(40)61)41-16-17-43(58)53-46(41)60/h4-5,8-15,28-30,32,35,41H,2-3,6-7,16-27,31H2,1H3,(H,51,59)(H,52,63)(H,53,58,60)/t32-,41?/m1/s1. The Kier molecular flexibility index (Phi) is 14.0. The number of piperazine rings is 1. The minimum absolute atomic E-state index is 0.0359. The van der Waals surface area contributed by atoms with Crippen LogP contribution in [0, 0.1) is 11.7 Å². The number of hydrogen-bond acceptors (Lipinski definition) is 9. The van der Waals surface area contributed by atoms with Gasteiger partial charge in [0.2, 0.25) is 17.7 Å². The van der Waals surface area contributed by atoms with E-state index in [0.717, 1.165) is 76.1 Å². The van der Waals surface area contributed by atoms with E-state index in [-0.39, 0.29) is 54.4 Å². The third-order valence-corrected chi connectivity index (χ3v) is 13.1. The van der Waals surface area contributed by atoms with Crippen molar-refractivity contribution in [2.45, 2.75) is 76.9 Å². The van der Waals surface area contributed by atoms with Crippen LogP contribution in [0.4, 0.5) is 14.9 Å². The summed E-state index contributed by atoms with van der Waals surface area (Å²) in [7, 11) is 0. The first-order chi connectivity index (χ1) is 31.0. The van der Waals surface area contributed by atoms with Crippen molar-refractivity contribution in [2.24, 2.45) is 5.92 Å². The Balaban J connectivity index is 0.709. The molecule has 0 bridgehead atoms. The Morgan fingerprint density at radius 1 is 0.828 bits per heavy atom. The zero-order valence-electron chi connectivity index (χ0n) is 36.3. The van der Waals surface area contributed by atoms with Gasteiger partial charge in [-0.25, -0.2) is 9.18 Å². The summed E-state index contributed by atoms with van der Waals surface area (Å²) in [6.07, 6.45) is 5.22. The maximum atomic E-state index is 14.7. The zero-order valence-corrected chi connectivity index (χ0v) is 36.3. The number of ether oxygens (including phenoxy) is 1. The molecule has 3 saturated heterocycles. The van der Waals surface area contributed by atoms with Crippen LogP contribution in [0.25, 0.3) is 10.8 Å². The van der Waals surface area contributed by atoms with Gasteiger partial charge in [-0.05, 0) is 111 Å². The van der Waals surface area contributed by atoms with E-state index in [0.29, 0.717) is 36.7 Å². The molecule has 4 aromatic rings. The fourth-order valence-electron chi connectivity index (χ4n) is 9.47. The summed E-state index contributed by atoms with van der Waals surface area (Å²) in [6.45, 7) is 7.81. The van der Waals surface area contributed by atoms with Gasteiger partial charge in [0, 0.05) is 56.8 Å². The topological polar surface area (TPSA) is 161 Å². The lowest BCUT2D eigenvalue weighted by Gasteiger charge is -2.36. The smallest absolute Gasteiger partial charge is 0.321 e. The summed E-state index contributed by atoms with van der Waals surface area (Å²) >= 11 is 0. The van der Waals surface area contributed by atoms with E-state index in [1.54, 1.807) is 29.2 Å². The lowest BCUT2D eigenvalue weighted by Crippen LogP contribution is -2.54. The molecule has 4 aliphatic heterocycles. The normalized spacial score (nSPS) is 19.1. The fourth-order valence-corrected chi connectivity index (χ4v) is 9.47. The number of unbranched alkanes of at least 4 members (excludes halogenated alkanes) is 3.